The number of amides is 1. The fourth-order valence-corrected chi connectivity index (χ4v) is 5.04. The minimum atomic E-state index is 0.197. The summed E-state index contributed by atoms with van der Waals surface area (Å²) in [5, 5.41) is 8.65. The Kier molecular flexibility index (Phi) is 6.20. The highest BCUT2D eigenvalue weighted by Gasteiger charge is 2.35. The highest BCUT2D eigenvalue weighted by molar-refractivity contribution is 7.99. The van der Waals surface area contributed by atoms with Crippen LogP contribution in [0, 0.1) is 5.92 Å². The summed E-state index contributed by atoms with van der Waals surface area (Å²) in [6.45, 7) is 3.48. The Bertz CT molecular complexity index is 790. The van der Waals surface area contributed by atoms with Crippen LogP contribution in [-0.2, 0) is 4.79 Å². The molecule has 2 fully saturated rings. The Morgan fingerprint density at radius 2 is 1.96 bits per heavy atom. The Labute approximate surface area is 170 Å². The first kappa shape index (κ1) is 19.3. The van der Waals surface area contributed by atoms with Gasteiger partial charge in [-0.25, -0.2) is 0 Å². The van der Waals surface area contributed by atoms with Crippen LogP contribution in [0.1, 0.15) is 45.4 Å². The summed E-state index contributed by atoms with van der Waals surface area (Å²) in [4.78, 5) is 14.9. The van der Waals surface area contributed by atoms with Gasteiger partial charge >= 0.3 is 0 Å². The number of fused-ring (bicyclic) bond motifs is 1. The van der Waals surface area contributed by atoms with Crippen molar-refractivity contribution in [3.8, 4) is 17.2 Å². The van der Waals surface area contributed by atoms with E-state index in [2.05, 4.69) is 15.1 Å². The normalized spacial score (nSPS) is 22.0. The van der Waals surface area contributed by atoms with Crippen molar-refractivity contribution in [2.45, 2.75) is 56.7 Å². The van der Waals surface area contributed by atoms with Gasteiger partial charge in [-0.15, -0.1) is 10.2 Å². The lowest BCUT2D eigenvalue weighted by Crippen LogP contribution is -2.50. The van der Waals surface area contributed by atoms with Crippen LogP contribution in [0.4, 0.5) is 0 Å². The van der Waals surface area contributed by atoms with Crippen LogP contribution in [0.3, 0.4) is 0 Å². The van der Waals surface area contributed by atoms with Gasteiger partial charge in [0.25, 0.3) is 5.22 Å². The van der Waals surface area contributed by atoms with Crippen LogP contribution in [0.15, 0.2) is 33.9 Å². The van der Waals surface area contributed by atoms with Crippen molar-refractivity contribution in [2.75, 3.05) is 18.9 Å². The second kappa shape index (κ2) is 8.99. The number of benzene rings is 1. The zero-order chi connectivity index (χ0) is 19.3. The largest absolute Gasteiger partial charge is 0.494 e. The fraction of sp³-hybridized carbons (Fsp3) is 0.571. The number of ether oxygens (including phenoxy) is 1. The maximum Gasteiger partial charge on any atom is 0.277 e. The first-order valence-electron chi connectivity index (χ1n) is 10.2. The maximum atomic E-state index is 12.8. The number of carbonyl (C=O) groups excluding carboxylic acids is 1. The lowest BCUT2D eigenvalue weighted by molar-refractivity contribution is -0.134. The molecule has 0 spiro atoms. The molecule has 28 heavy (non-hydrogen) atoms. The monoisotopic (exact) mass is 401 g/mol. The maximum absolute atomic E-state index is 12.8. The predicted molar refractivity (Wildman–Crippen MR) is 108 cm³/mol. The van der Waals surface area contributed by atoms with E-state index in [1.54, 1.807) is 0 Å². The number of nitrogens with zero attached hydrogens (tertiary/aromatic N) is 3. The van der Waals surface area contributed by atoms with E-state index in [9.17, 15) is 4.79 Å². The van der Waals surface area contributed by atoms with Crippen molar-refractivity contribution in [1.82, 2.24) is 15.1 Å². The van der Waals surface area contributed by atoms with Crippen molar-refractivity contribution in [3.05, 3.63) is 24.3 Å². The van der Waals surface area contributed by atoms with E-state index in [1.165, 1.54) is 37.4 Å². The quantitative estimate of drug-likeness (QED) is 0.668. The van der Waals surface area contributed by atoms with Crippen molar-refractivity contribution < 1.29 is 13.9 Å². The number of likely N-dealkylation sites (tertiary alicyclic amines) is 1. The van der Waals surface area contributed by atoms with E-state index >= 15 is 0 Å². The van der Waals surface area contributed by atoms with Gasteiger partial charge < -0.3 is 14.1 Å². The molecule has 1 saturated carbocycles. The second-order valence-corrected chi connectivity index (χ2v) is 8.39. The summed E-state index contributed by atoms with van der Waals surface area (Å²) < 4.78 is 11.2. The molecule has 1 aromatic heterocycles. The lowest BCUT2D eigenvalue weighted by atomic mass is 9.78. The molecule has 1 aliphatic carbocycles. The minimum Gasteiger partial charge on any atom is -0.494 e. The summed E-state index contributed by atoms with van der Waals surface area (Å²) >= 11 is 1.33. The van der Waals surface area contributed by atoms with Crippen LogP contribution in [0.5, 0.6) is 5.75 Å². The van der Waals surface area contributed by atoms with Gasteiger partial charge in [-0.3, -0.25) is 4.79 Å². The zero-order valence-corrected chi connectivity index (χ0v) is 17.1. The number of thioether (sulfide) groups is 1. The first-order chi connectivity index (χ1) is 13.7. The molecule has 1 saturated heterocycles. The van der Waals surface area contributed by atoms with Gasteiger partial charge in [0, 0.05) is 18.2 Å². The van der Waals surface area contributed by atoms with Crippen molar-refractivity contribution >= 4 is 17.7 Å². The number of aromatic nitrogens is 2. The molecule has 2 heterocycles. The Morgan fingerprint density at radius 3 is 2.79 bits per heavy atom. The van der Waals surface area contributed by atoms with Crippen molar-refractivity contribution in [1.29, 1.82) is 0 Å². The summed E-state index contributed by atoms with van der Waals surface area (Å²) in [5.41, 5.74) is 0.843. The number of rotatable bonds is 6. The van der Waals surface area contributed by atoms with E-state index in [0.29, 0.717) is 35.4 Å². The van der Waals surface area contributed by atoms with Gasteiger partial charge in [0.2, 0.25) is 11.8 Å². The molecular formula is C21H27N3O3S. The molecule has 0 radical (unpaired) electrons. The Morgan fingerprint density at radius 1 is 1.18 bits per heavy atom. The summed E-state index contributed by atoms with van der Waals surface area (Å²) in [7, 11) is 0. The third kappa shape index (κ3) is 4.35. The average molecular weight is 402 g/mol. The lowest BCUT2D eigenvalue weighted by Gasteiger charge is -2.44. The SMILES string of the molecule is CCOc1ccc(-c2nnc(SCC(=O)N3CCC[C@@H]4CCCC[C@H]43)o2)cc1. The molecule has 1 aromatic carbocycles. The molecule has 0 unspecified atom stereocenters. The van der Waals surface area contributed by atoms with Crippen LogP contribution in [0.2, 0.25) is 0 Å². The predicted octanol–water partition coefficient (Wildman–Crippen LogP) is 4.41. The molecule has 150 valence electrons. The van der Waals surface area contributed by atoms with E-state index < -0.39 is 0 Å². The number of hydrogen-bond acceptors (Lipinski definition) is 6. The molecule has 4 rings (SSSR count). The van der Waals surface area contributed by atoms with Crippen LogP contribution < -0.4 is 4.74 Å². The molecule has 2 aliphatic rings. The van der Waals surface area contributed by atoms with Gasteiger partial charge in [-0.05, 0) is 62.8 Å². The smallest absolute Gasteiger partial charge is 0.277 e. The van der Waals surface area contributed by atoms with Gasteiger partial charge in [-0.2, -0.15) is 0 Å². The summed E-state index contributed by atoms with van der Waals surface area (Å²) in [6.07, 6.45) is 7.39. The van der Waals surface area contributed by atoms with Gasteiger partial charge in [0.15, 0.2) is 0 Å². The summed E-state index contributed by atoms with van der Waals surface area (Å²) in [5.74, 6) is 2.53. The van der Waals surface area contributed by atoms with Gasteiger partial charge in [0.1, 0.15) is 5.75 Å². The molecule has 2 atom stereocenters. The first-order valence-corrected chi connectivity index (χ1v) is 11.2. The van der Waals surface area contributed by atoms with Crippen molar-refractivity contribution in [2.24, 2.45) is 5.92 Å². The van der Waals surface area contributed by atoms with E-state index in [4.69, 9.17) is 9.15 Å². The molecule has 1 aliphatic heterocycles. The standard InChI is InChI=1S/C21H27N3O3S/c1-2-26-17-11-9-16(10-12-17)20-22-23-21(27-20)28-14-19(25)24-13-5-7-15-6-3-4-8-18(15)24/h9-12,15,18H,2-8,13-14H2,1H3/t15-,18+/m0/s1. The molecule has 2 aromatic rings. The average Bonchev–Trinajstić information content (AvgIpc) is 3.21. The van der Waals surface area contributed by atoms with E-state index in [1.807, 2.05) is 31.2 Å². The third-order valence-electron chi connectivity index (χ3n) is 5.70. The molecular weight excluding hydrogens is 374 g/mol. The Hall–Kier alpha value is -2.02. The van der Waals surface area contributed by atoms with Crippen LogP contribution in [0.25, 0.3) is 11.5 Å². The topological polar surface area (TPSA) is 68.5 Å². The molecule has 0 bridgehead atoms. The molecule has 1 amide bonds. The van der Waals surface area contributed by atoms with Gasteiger partial charge in [0.05, 0.1) is 12.4 Å². The van der Waals surface area contributed by atoms with Crippen LogP contribution >= 0.6 is 11.8 Å². The Balaban J connectivity index is 1.34. The van der Waals surface area contributed by atoms with E-state index in [-0.39, 0.29) is 5.91 Å². The summed E-state index contributed by atoms with van der Waals surface area (Å²) in [6, 6.07) is 8.01. The highest BCUT2D eigenvalue weighted by atomic mass is 32.2. The minimum absolute atomic E-state index is 0.197. The third-order valence-corrected chi connectivity index (χ3v) is 6.50. The number of piperidine rings is 1. The molecule has 7 heteroatoms. The molecule has 6 nitrogen and oxygen atoms in total. The molecule has 0 N–H and O–H groups in total. The zero-order valence-electron chi connectivity index (χ0n) is 16.3. The van der Waals surface area contributed by atoms with Crippen LogP contribution in [-0.4, -0.2) is 46.0 Å². The van der Waals surface area contributed by atoms with E-state index in [0.717, 1.165) is 30.7 Å². The highest BCUT2D eigenvalue weighted by Crippen LogP contribution is 2.35. The van der Waals surface area contributed by atoms with Gasteiger partial charge in [-0.1, -0.05) is 24.6 Å². The van der Waals surface area contributed by atoms with Crippen molar-refractivity contribution in [3.63, 3.8) is 0 Å². The number of hydrogen-bond donors (Lipinski definition) is 0. The number of carbonyl (C=O) groups is 1. The fourth-order valence-electron chi connectivity index (χ4n) is 4.39. The second-order valence-electron chi connectivity index (χ2n) is 7.46.